The standard InChI is InChI=1S/C17H20FNO7/c1-24-14(21)9-12(16(22)25-2)15(17(23)26-3)19-13(20)8-10-5-4-6-11(18)7-10/h4-7,12,15H,8-9H2,1-3H3,(H,19,20)/t12-,15-/m0/s1. The topological polar surface area (TPSA) is 108 Å². The van der Waals surface area contributed by atoms with Crippen molar-refractivity contribution in [2.75, 3.05) is 21.3 Å². The number of hydrogen-bond donors (Lipinski definition) is 1. The molecule has 1 aromatic carbocycles. The number of esters is 3. The van der Waals surface area contributed by atoms with Crippen LogP contribution in [0.3, 0.4) is 0 Å². The van der Waals surface area contributed by atoms with Crippen molar-refractivity contribution in [3.05, 3.63) is 35.6 Å². The number of carbonyl (C=O) groups is 4. The molecule has 0 aliphatic heterocycles. The molecule has 0 aliphatic carbocycles. The summed E-state index contributed by atoms with van der Waals surface area (Å²) in [7, 11) is 3.27. The Morgan fingerprint density at radius 3 is 2.23 bits per heavy atom. The number of carbonyl (C=O) groups excluding carboxylic acids is 4. The Morgan fingerprint density at radius 1 is 1.04 bits per heavy atom. The molecular weight excluding hydrogens is 349 g/mol. The molecule has 26 heavy (non-hydrogen) atoms. The highest BCUT2D eigenvalue weighted by atomic mass is 19.1. The molecular formula is C17H20FNO7. The molecule has 142 valence electrons. The lowest BCUT2D eigenvalue weighted by molar-refractivity contribution is -0.159. The normalized spacial score (nSPS) is 12.5. The van der Waals surface area contributed by atoms with Crippen LogP contribution in [0.25, 0.3) is 0 Å². The van der Waals surface area contributed by atoms with E-state index in [0.717, 1.165) is 21.3 Å². The number of nitrogens with one attached hydrogen (secondary N) is 1. The fraction of sp³-hybridized carbons (Fsp3) is 0.412. The fourth-order valence-corrected chi connectivity index (χ4v) is 2.26. The Balaban J connectivity index is 2.98. The average Bonchev–Trinajstić information content (AvgIpc) is 2.62. The maximum atomic E-state index is 13.2. The highest BCUT2D eigenvalue weighted by Gasteiger charge is 2.38. The van der Waals surface area contributed by atoms with Crippen molar-refractivity contribution >= 4 is 23.8 Å². The van der Waals surface area contributed by atoms with Gasteiger partial charge in [-0.15, -0.1) is 0 Å². The van der Waals surface area contributed by atoms with E-state index < -0.39 is 48.0 Å². The lowest BCUT2D eigenvalue weighted by Gasteiger charge is -2.23. The average molecular weight is 369 g/mol. The van der Waals surface area contributed by atoms with Crippen molar-refractivity contribution in [1.29, 1.82) is 0 Å². The minimum Gasteiger partial charge on any atom is -0.469 e. The second kappa shape index (κ2) is 10.1. The number of halogens is 1. The van der Waals surface area contributed by atoms with Gasteiger partial charge in [0.2, 0.25) is 5.91 Å². The number of benzene rings is 1. The van der Waals surface area contributed by atoms with Gasteiger partial charge in [-0.05, 0) is 17.7 Å². The van der Waals surface area contributed by atoms with Crippen LogP contribution < -0.4 is 5.32 Å². The molecule has 9 heteroatoms. The van der Waals surface area contributed by atoms with E-state index in [2.05, 4.69) is 19.5 Å². The first-order chi connectivity index (χ1) is 12.3. The van der Waals surface area contributed by atoms with E-state index in [1.54, 1.807) is 0 Å². The SMILES string of the molecule is COC(=O)C[C@H](C(=O)OC)[C@H](NC(=O)Cc1cccc(F)c1)C(=O)OC. The van der Waals surface area contributed by atoms with Crippen molar-refractivity contribution in [1.82, 2.24) is 5.32 Å². The lowest BCUT2D eigenvalue weighted by Crippen LogP contribution is -2.50. The Kier molecular flexibility index (Phi) is 8.20. The summed E-state index contributed by atoms with van der Waals surface area (Å²) in [5.74, 6) is -5.11. The first-order valence-electron chi connectivity index (χ1n) is 7.58. The molecule has 0 spiro atoms. The molecule has 0 heterocycles. The molecule has 1 N–H and O–H groups in total. The second-order valence-electron chi connectivity index (χ2n) is 5.28. The van der Waals surface area contributed by atoms with Gasteiger partial charge in [0.1, 0.15) is 11.9 Å². The van der Waals surface area contributed by atoms with Crippen molar-refractivity contribution in [3.63, 3.8) is 0 Å². The van der Waals surface area contributed by atoms with Gasteiger partial charge in [-0.3, -0.25) is 14.4 Å². The molecule has 0 aliphatic rings. The Labute approximate surface area is 149 Å². The summed E-state index contributed by atoms with van der Waals surface area (Å²) in [5, 5.41) is 2.34. The number of rotatable bonds is 8. The summed E-state index contributed by atoms with van der Waals surface area (Å²) >= 11 is 0. The predicted molar refractivity (Wildman–Crippen MR) is 86.2 cm³/mol. The molecule has 0 aromatic heterocycles. The van der Waals surface area contributed by atoms with Gasteiger partial charge in [0.25, 0.3) is 0 Å². The first kappa shape index (κ1) is 21.1. The van der Waals surface area contributed by atoms with Crippen LogP contribution in [0.5, 0.6) is 0 Å². The van der Waals surface area contributed by atoms with Crippen LogP contribution in [0.4, 0.5) is 4.39 Å². The molecule has 1 aromatic rings. The summed E-state index contributed by atoms with van der Waals surface area (Å²) in [4.78, 5) is 47.8. The molecule has 8 nitrogen and oxygen atoms in total. The predicted octanol–water partition coefficient (Wildman–Crippen LogP) is 0.378. The number of amides is 1. The zero-order valence-electron chi connectivity index (χ0n) is 14.6. The molecule has 1 amide bonds. The van der Waals surface area contributed by atoms with Crippen LogP contribution in [-0.4, -0.2) is 51.2 Å². The zero-order valence-corrected chi connectivity index (χ0v) is 14.6. The number of methoxy groups -OCH3 is 3. The minimum atomic E-state index is -1.47. The second-order valence-corrected chi connectivity index (χ2v) is 5.28. The summed E-state index contributed by atoms with van der Waals surface area (Å²) < 4.78 is 26.9. The molecule has 0 saturated heterocycles. The zero-order chi connectivity index (χ0) is 19.7. The molecule has 1 rings (SSSR count). The molecule has 0 unspecified atom stereocenters. The van der Waals surface area contributed by atoms with Crippen LogP contribution in [0, 0.1) is 11.7 Å². The van der Waals surface area contributed by atoms with Gasteiger partial charge in [0.05, 0.1) is 40.1 Å². The third-order valence-electron chi connectivity index (χ3n) is 3.55. The molecule has 0 fully saturated rings. The molecule has 2 atom stereocenters. The monoisotopic (exact) mass is 369 g/mol. The summed E-state index contributed by atoms with van der Waals surface area (Å²) in [6.45, 7) is 0. The van der Waals surface area contributed by atoms with Gasteiger partial charge in [0.15, 0.2) is 0 Å². The van der Waals surface area contributed by atoms with Crippen LogP contribution in [0.1, 0.15) is 12.0 Å². The van der Waals surface area contributed by atoms with Gasteiger partial charge in [0, 0.05) is 0 Å². The summed E-state index contributed by atoms with van der Waals surface area (Å²) in [5.41, 5.74) is 0.369. The quantitative estimate of drug-likeness (QED) is 0.521. The third kappa shape index (κ3) is 6.15. The molecule has 0 radical (unpaired) electrons. The van der Waals surface area contributed by atoms with Crippen LogP contribution >= 0.6 is 0 Å². The van der Waals surface area contributed by atoms with E-state index in [0.29, 0.717) is 5.56 Å². The van der Waals surface area contributed by atoms with Gasteiger partial charge in [-0.2, -0.15) is 0 Å². The van der Waals surface area contributed by atoms with E-state index in [1.807, 2.05) is 0 Å². The maximum absolute atomic E-state index is 13.2. The minimum absolute atomic E-state index is 0.239. The number of hydrogen-bond acceptors (Lipinski definition) is 7. The van der Waals surface area contributed by atoms with Crippen molar-refractivity contribution < 1.29 is 37.8 Å². The highest BCUT2D eigenvalue weighted by Crippen LogP contribution is 2.15. The van der Waals surface area contributed by atoms with Crippen LogP contribution in [0.15, 0.2) is 24.3 Å². The highest BCUT2D eigenvalue weighted by molar-refractivity contribution is 5.91. The maximum Gasteiger partial charge on any atom is 0.329 e. The van der Waals surface area contributed by atoms with E-state index in [4.69, 9.17) is 0 Å². The Hall–Kier alpha value is -2.97. The van der Waals surface area contributed by atoms with E-state index in [9.17, 15) is 23.6 Å². The lowest BCUT2D eigenvalue weighted by atomic mass is 9.95. The van der Waals surface area contributed by atoms with Gasteiger partial charge >= 0.3 is 17.9 Å². The summed E-state index contributed by atoms with van der Waals surface area (Å²) in [6, 6.07) is 3.89. The Morgan fingerprint density at radius 2 is 1.69 bits per heavy atom. The van der Waals surface area contributed by atoms with Gasteiger partial charge < -0.3 is 19.5 Å². The van der Waals surface area contributed by atoms with Gasteiger partial charge in [-0.1, -0.05) is 12.1 Å². The van der Waals surface area contributed by atoms with E-state index in [-0.39, 0.29) is 6.42 Å². The van der Waals surface area contributed by atoms with E-state index >= 15 is 0 Å². The van der Waals surface area contributed by atoms with Crippen molar-refractivity contribution in [2.24, 2.45) is 5.92 Å². The Bertz CT molecular complexity index is 677. The van der Waals surface area contributed by atoms with E-state index in [1.165, 1.54) is 24.3 Å². The van der Waals surface area contributed by atoms with Crippen molar-refractivity contribution in [3.8, 4) is 0 Å². The fourth-order valence-electron chi connectivity index (χ4n) is 2.26. The van der Waals surface area contributed by atoms with Crippen LogP contribution in [-0.2, 0) is 39.8 Å². The van der Waals surface area contributed by atoms with Crippen molar-refractivity contribution in [2.45, 2.75) is 18.9 Å². The van der Waals surface area contributed by atoms with Gasteiger partial charge in [-0.25, -0.2) is 9.18 Å². The smallest absolute Gasteiger partial charge is 0.329 e. The summed E-state index contributed by atoms with van der Waals surface area (Å²) in [6.07, 6.45) is -0.736. The number of ether oxygens (including phenoxy) is 3. The van der Waals surface area contributed by atoms with Crippen LogP contribution in [0.2, 0.25) is 0 Å². The first-order valence-corrected chi connectivity index (χ1v) is 7.58. The third-order valence-corrected chi connectivity index (χ3v) is 3.55. The largest absolute Gasteiger partial charge is 0.469 e. The molecule has 0 saturated carbocycles. The molecule has 0 bridgehead atoms.